The number of carboxylic acid groups (broad SMARTS) is 1. The van der Waals surface area contributed by atoms with Crippen molar-refractivity contribution in [3.8, 4) is 0 Å². The Hall–Kier alpha value is -0.420. The molecule has 1 atom stereocenters. The molecule has 0 heterocycles. The Balaban J connectivity index is 3.72. The van der Waals surface area contributed by atoms with Crippen molar-refractivity contribution < 1.29 is 29.0 Å². The summed E-state index contributed by atoms with van der Waals surface area (Å²) in [4.78, 5) is 26.5. The number of hydrogen-bond donors (Lipinski definition) is 3. The van der Waals surface area contributed by atoms with Gasteiger partial charge in [-0.1, -0.05) is 0 Å². The summed E-state index contributed by atoms with van der Waals surface area (Å²) in [5.41, 5.74) is 0. The molecule has 0 aromatic carbocycles. The highest BCUT2D eigenvalue weighted by Crippen LogP contribution is 2.34. The van der Waals surface area contributed by atoms with E-state index in [1.54, 1.807) is 0 Å². The molecule has 7 heteroatoms. The van der Waals surface area contributed by atoms with Crippen LogP contribution in [0.5, 0.6) is 0 Å². The average Bonchev–Trinajstić information content (AvgIpc) is 1.80. The van der Waals surface area contributed by atoms with Gasteiger partial charge in [0.05, 0.1) is 0 Å². The summed E-state index contributed by atoms with van der Waals surface area (Å²) in [7, 11) is -4.24. The molecule has 0 aromatic heterocycles. The van der Waals surface area contributed by atoms with Gasteiger partial charge in [0.15, 0.2) is 6.10 Å². The van der Waals surface area contributed by atoms with Crippen LogP contribution in [0.1, 0.15) is 6.92 Å². The van der Waals surface area contributed by atoms with Gasteiger partial charge in [-0.3, -0.25) is 4.57 Å². The molecule has 0 amide bonds. The van der Waals surface area contributed by atoms with E-state index < -0.39 is 26.0 Å². The van der Waals surface area contributed by atoms with Crippen molar-refractivity contribution in [2.24, 2.45) is 0 Å². The fraction of sp³-hybridized carbons (Fsp3) is 0.750. The summed E-state index contributed by atoms with van der Waals surface area (Å²) in [6.07, 6.45) is -2.05. The fourth-order valence-corrected chi connectivity index (χ4v) is 0.698. The first-order chi connectivity index (χ1) is 4.83. The maximum atomic E-state index is 10.1. The zero-order chi connectivity index (χ0) is 9.07. The highest BCUT2D eigenvalue weighted by Gasteiger charge is 2.18. The van der Waals surface area contributed by atoms with E-state index in [4.69, 9.17) is 14.9 Å². The summed E-state index contributed by atoms with van der Waals surface area (Å²) in [6.45, 7) is 1.19. The first-order valence-electron chi connectivity index (χ1n) is 2.72. The highest BCUT2D eigenvalue weighted by molar-refractivity contribution is 7.51. The lowest BCUT2D eigenvalue weighted by Gasteiger charge is -2.08. The molecular formula is C4H9O6P. The summed E-state index contributed by atoms with van der Waals surface area (Å²) in [6, 6.07) is 0. The van der Waals surface area contributed by atoms with E-state index in [1.807, 2.05) is 0 Å². The molecule has 0 unspecified atom stereocenters. The third-order valence-corrected chi connectivity index (χ3v) is 1.33. The number of ether oxygens (including phenoxy) is 1. The molecule has 0 saturated heterocycles. The third-order valence-electron chi connectivity index (χ3n) is 0.840. The van der Waals surface area contributed by atoms with Gasteiger partial charge in [-0.15, -0.1) is 0 Å². The van der Waals surface area contributed by atoms with E-state index in [2.05, 4.69) is 4.74 Å². The second-order valence-corrected chi connectivity index (χ2v) is 3.53. The van der Waals surface area contributed by atoms with Gasteiger partial charge >= 0.3 is 13.6 Å². The van der Waals surface area contributed by atoms with E-state index in [0.717, 1.165) is 0 Å². The van der Waals surface area contributed by atoms with Crippen molar-refractivity contribution >= 4 is 13.6 Å². The molecule has 3 N–H and O–H groups in total. The molecule has 0 bridgehead atoms. The predicted molar refractivity (Wildman–Crippen MR) is 35.1 cm³/mol. The van der Waals surface area contributed by atoms with E-state index in [-0.39, 0.29) is 0 Å². The monoisotopic (exact) mass is 184 g/mol. The van der Waals surface area contributed by atoms with Gasteiger partial charge in [-0.2, -0.15) is 0 Å². The SMILES string of the molecule is C[C@H](OCP(=O)(O)O)C(=O)O. The molecule has 0 rings (SSSR count). The van der Waals surface area contributed by atoms with Crippen LogP contribution in [0.15, 0.2) is 0 Å². The first-order valence-corrected chi connectivity index (χ1v) is 4.51. The third kappa shape index (κ3) is 6.00. The lowest BCUT2D eigenvalue weighted by atomic mass is 10.4. The van der Waals surface area contributed by atoms with Crippen molar-refractivity contribution in [1.29, 1.82) is 0 Å². The second kappa shape index (κ2) is 3.82. The first kappa shape index (κ1) is 10.6. The van der Waals surface area contributed by atoms with Gasteiger partial charge in [0, 0.05) is 0 Å². The minimum absolute atomic E-state index is 0.861. The number of carboxylic acids is 1. The van der Waals surface area contributed by atoms with E-state index in [9.17, 15) is 9.36 Å². The summed E-state index contributed by atoms with van der Waals surface area (Å²) >= 11 is 0. The van der Waals surface area contributed by atoms with Crippen LogP contribution < -0.4 is 0 Å². The van der Waals surface area contributed by atoms with Crippen LogP contribution in [-0.4, -0.2) is 33.3 Å². The van der Waals surface area contributed by atoms with Crippen molar-refractivity contribution in [3.05, 3.63) is 0 Å². The van der Waals surface area contributed by atoms with Crippen LogP contribution >= 0.6 is 7.60 Å². The van der Waals surface area contributed by atoms with Crippen LogP contribution in [0.4, 0.5) is 0 Å². The molecule has 0 saturated carbocycles. The van der Waals surface area contributed by atoms with Crippen molar-refractivity contribution in [2.45, 2.75) is 13.0 Å². The minimum Gasteiger partial charge on any atom is -0.479 e. The summed E-state index contributed by atoms with van der Waals surface area (Å²) in [5, 5.41) is 8.20. The molecule has 0 aliphatic carbocycles. The van der Waals surface area contributed by atoms with Crippen LogP contribution in [0.25, 0.3) is 0 Å². The molecule has 0 spiro atoms. The van der Waals surface area contributed by atoms with Crippen LogP contribution in [0.3, 0.4) is 0 Å². The normalized spacial score (nSPS) is 14.5. The van der Waals surface area contributed by atoms with Crippen LogP contribution in [0.2, 0.25) is 0 Å². The molecule has 0 radical (unpaired) electrons. The fourth-order valence-electron chi connectivity index (χ4n) is 0.280. The zero-order valence-corrected chi connectivity index (χ0v) is 6.69. The second-order valence-electron chi connectivity index (χ2n) is 1.94. The summed E-state index contributed by atoms with van der Waals surface area (Å²) < 4.78 is 14.4. The lowest BCUT2D eigenvalue weighted by molar-refractivity contribution is -0.148. The largest absolute Gasteiger partial charge is 0.479 e. The maximum absolute atomic E-state index is 10.1. The molecule has 6 nitrogen and oxygen atoms in total. The van der Waals surface area contributed by atoms with Crippen LogP contribution in [0, 0.1) is 0 Å². The highest BCUT2D eigenvalue weighted by atomic mass is 31.2. The van der Waals surface area contributed by atoms with Gasteiger partial charge < -0.3 is 19.6 Å². The molecular weight excluding hydrogens is 175 g/mol. The Kier molecular flexibility index (Phi) is 3.68. The van der Waals surface area contributed by atoms with Gasteiger partial charge in [-0.25, -0.2) is 4.79 Å². The number of hydrogen-bond acceptors (Lipinski definition) is 3. The Morgan fingerprint density at radius 3 is 2.36 bits per heavy atom. The Bertz CT molecular complexity index is 183. The van der Waals surface area contributed by atoms with E-state index in [0.29, 0.717) is 0 Å². The van der Waals surface area contributed by atoms with Gasteiger partial charge in [0.2, 0.25) is 0 Å². The average molecular weight is 184 g/mol. The smallest absolute Gasteiger partial charge is 0.351 e. The zero-order valence-electron chi connectivity index (χ0n) is 5.80. The van der Waals surface area contributed by atoms with Gasteiger partial charge in [0.25, 0.3) is 0 Å². The molecule has 66 valence electrons. The topological polar surface area (TPSA) is 104 Å². The van der Waals surface area contributed by atoms with Crippen molar-refractivity contribution in [3.63, 3.8) is 0 Å². The number of rotatable bonds is 4. The maximum Gasteiger partial charge on any atom is 0.351 e. The number of carbonyl (C=O) groups is 1. The van der Waals surface area contributed by atoms with Gasteiger partial charge in [-0.05, 0) is 6.92 Å². The van der Waals surface area contributed by atoms with Crippen molar-refractivity contribution in [1.82, 2.24) is 0 Å². The molecule has 0 aliphatic heterocycles. The van der Waals surface area contributed by atoms with E-state index >= 15 is 0 Å². The molecule has 0 fully saturated rings. The van der Waals surface area contributed by atoms with E-state index in [1.165, 1.54) is 6.92 Å². The molecule has 11 heavy (non-hydrogen) atoms. The Morgan fingerprint density at radius 2 is 2.09 bits per heavy atom. The predicted octanol–water partition coefficient (Wildman–Crippen LogP) is -0.389. The molecule has 0 aliphatic rings. The Labute approximate surface area is 63.0 Å². The van der Waals surface area contributed by atoms with Gasteiger partial charge in [0.1, 0.15) is 6.35 Å². The standard InChI is InChI=1S/C4H9O6P/c1-3(4(5)6)10-2-11(7,8)9/h3H,2H2,1H3,(H,5,6)(H2,7,8,9)/t3-/m0/s1. The minimum atomic E-state index is -4.24. The molecule has 0 aromatic rings. The van der Waals surface area contributed by atoms with Crippen molar-refractivity contribution in [2.75, 3.05) is 6.35 Å². The lowest BCUT2D eigenvalue weighted by Crippen LogP contribution is -2.20. The summed E-state index contributed by atoms with van der Waals surface area (Å²) in [5.74, 6) is -1.25. The Morgan fingerprint density at radius 1 is 1.64 bits per heavy atom. The quantitative estimate of drug-likeness (QED) is 0.514. The number of aliphatic carboxylic acids is 1. The van der Waals surface area contributed by atoms with Crippen LogP contribution in [-0.2, 0) is 14.1 Å².